The number of hydrogen-bond donors (Lipinski definition) is 2. The Bertz CT molecular complexity index is 1150. The van der Waals surface area contributed by atoms with Gasteiger partial charge < -0.3 is 14.3 Å². The van der Waals surface area contributed by atoms with Crippen LogP contribution in [-0.2, 0) is 22.0 Å². The fraction of sp³-hybridized carbons (Fsp3) is 0.318. The minimum atomic E-state index is -3.79. The summed E-state index contributed by atoms with van der Waals surface area (Å²) in [6.45, 7) is 1.65. The van der Waals surface area contributed by atoms with Gasteiger partial charge in [0.15, 0.2) is 5.89 Å². The number of rotatable bonds is 6. The fourth-order valence-electron chi connectivity index (χ4n) is 3.85. The first kappa shape index (κ1) is 20.6. The average molecular weight is 429 g/mol. The Morgan fingerprint density at radius 3 is 2.67 bits per heavy atom. The van der Waals surface area contributed by atoms with Gasteiger partial charge in [-0.05, 0) is 54.7 Å². The summed E-state index contributed by atoms with van der Waals surface area (Å²) in [6.07, 6.45) is 3.61. The Morgan fingerprint density at radius 1 is 1.23 bits per heavy atom. The van der Waals surface area contributed by atoms with E-state index in [4.69, 9.17) is 9.15 Å². The van der Waals surface area contributed by atoms with E-state index in [1.54, 1.807) is 32.2 Å². The number of nitrogens with zero attached hydrogens (tertiary/aromatic N) is 1. The van der Waals surface area contributed by atoms with E-state index < -0.39 is 15.6 Å². The molecule has 0 unspecified atom stereocenters. The van der Waals surface area contributed by atoms with Crippen molar-refractivity contribution in [3.05, 3.63) is 65.7 Å². The summed E-state index contributed by atoms with van der Waals surface area (Å²) in [4.78, 5) is 4.37. The molecule has 2 N–H and O–H groups in total. The van der Waals surface area contributed by atoms with Gasteiger partial charge in [-0.3, -0.25) is 0 Å². The van der Waals surface area contributed by atoms with Gasteiger partial charge in [0, 0.05) is 19.0 Å². The highest BCUT2D eigenvalue weighted by molar-refractivity contribution is 7.89. The van der Waals surface area contributed by atoms with Gasteiger partial charge in [0.25, 0.3) is 0 Å². The van der Waals surface area contributed by atoms with Crippen LogP contribution in [0, 0.1) is 6.92 Å². The molecule has 0 aliphatic heterocycles. The number of ether oxygens (including phenoxy) is 1. The van der Waals surface area contributed by atoms with Crippen molar-refractivity contribution in [2.45, 2.75) is 36.7 Å². The lowest BCUT2D eigenvalue weighted by atomic mass is 9.79. The van der Waals surface area contributed by atoms with E-state index in [1.165, 1.54) is 18.4 Å². The number of sulfonamides is 1. The summed E-state index contributed by atoms with van der Waals surface area (Å²) in [5.41, 5.74) is 1.88. The van der Waals surface area contributed by atoms with Crippen LogP contribution in [0.3, 0.4) is 0 Å². The lowest BCUT2D eigenvalue weighted by molar-refractivity contribution is 0.0242. The monoisotopic (exact) mass is 428 g/mol. The molecule has 8 heteroatoms. The molecule has 7 nitrogen and oxygen atoms in total. The van der Waals surface area contributed by atoms with Crippen molar-refractivity contribution in [2.24, 2.45) is 0 Å². The molecule has 0 radical (unpaired) electrons. The third-order valence-corrected chi connectivity index (χ3v) is 6.90. The van der Waals surface area contributed by atoms with Gasteiger partial charge in [0.1, 0.15) is 23.3 Å². The smallest absolute Gasteiger partial charge is 0.240 e. The van der Waals surface area contributed by atoms with Gasteiger partial charge in [0.05, 0.1) is 12.0 Å². The molecule has 0 saturated carbocycles. The van der Waals surface area contributed by atoms with E-state index in [2.05, 4.69) is 9.71 Å². The Labute approximate surface area is 175 Å². The lowest BCUT2D eigenvalue weighted by Gasteiger charge is -2.34. The van der Waals surface area contributed by atoms with Crippen LogP contribution < -0.4 is 9.46 Å². The molecule has 0 fully saturated rings. The SMILES string of the molecule is COc1ccc2c(c1)CCC[C@@]2(O)CNS(=O)(=O)c1ccc(-c2coc(C)n2)cc1. The zero-order valence-electron chi connectivity index (χ0n) is 16.9. The van der Waals surface area contributed by atoms with Crippen molar-refractivity contribution in [2.75, 3.05) is 13.7 Å². The van der Waals surface area contributed by atoms with Crippen LogP contribution in [0.1, 0.15) is 29.9 Å². The molecular weight excluding hydrogens is 404 g/mol. The van der Waals surface area contributed by atoms with Crippen molar-refractivity contribution < 1.29 is 22.7 Å². The summed E-state index contributed by atoms with van der Waals surface area (Å²) in [7, 11) is -2.19. The molecule has 0 spiro atoms. The molecule has 0 bridgehead atoms. The van der Waals surface area contributed by atoms with E-state index in [9.17, 15) is 13.5 Å². The Kier molecular flexibility index (Phi) is 5.40. The molecule has 30 heavy (non-hydrogen) atoms. The number of nitrogens with one attached hydrogen (secondary N) is 1. The van der Waals surface area contributed by atoms with Crippen LogP contribution in [0.5, 0.6) is 5.75 Å². The van der Waals surface area contributed by atoms with Gasteiger partial charge in [-0.1, -0.05) is 18.2 Å². The largest absolute Gasteiger partial charge is 0.497 e. The summed E-state index contributed by atoms with van der Waals surface area (Å²) in [5, 5.41) is 11.2. The Morgan fingerprint density at radius 2 is 2.00 bits per heavy atom. The van der Waals surface area contributed by atoms with Gasteiger partial charge in [-0.15, -0.1) is 0 Å². The molecule has 158 valence electrons. The maximum absolute atomic E-state index is 12.8. The second kappa shape index (κ2) is 7.86. The van der Waals surface area contributed by atoms with Crippen LogP contribution in [0.15, 0.2) is 58.0 Å². The molecule has 0 amide bonds. The summed E-state index contributed by atoms with van der Waals surface area (Å²) in [6, 6.07) is 11.9. The van der Waals surface area contributed by atoms with E-state index in [0.717, 1.165) is 35.3 Å². The maximum Gasteiger partial charge on any atom is 0.240 e. The summed E-state index contributed by atoms with van der Waals surface area (Å²) in [5.74, 6) is 1.27. The van der Waals surface area contributed by atoms with Crippen LogP contribution in [-0.4, -0.2) is 32.2 Å². The first-order valence-corrected chi connectivity index (χ1v) is 11.2. The number of benzene rings is 2. The molecule has 0 saturated heterocycles. The van der Waals surface area contributed by atoms with E-state index in [0.29, 0.717) is 18.0 Å². The minimum absolute atomic E-state index is 0.0983. The van der Waals surface area contributed by atoms with E-state index >= 15 is 0 Å². The Hall–Kier alpha value is -2.68. The highest BCUT2D eigenvalue weighted by atomic mass is 32.2. The molecule has 1 aliphatic carbocycles. The van der Waals surface area contributed by atoms with Crippen molar-refractivity contribution in [1.82, 2.24) is 9.71 Å². The van der Waals surface area contributed by atoms with E-state index in [1.807, 2.05) is 12.1 Å². The van der Waals surface area contributed by atoms with Gasteiger partial charge in [0.2, 0.25) is 10.0 Å². The van der Waals surface area contributed by atoms with Crippen LogP contribution in [0.2, 0.25) is 0 Å². The van der Waals surface area contributed by atoms with Crippen LogP contribution >= 0.6 is 0 Å². The zero-order valence-corrected chi connectivity index (χ0v) is 17.7. The van der Waals surface area contributed by atoms with E-state index in [-0.39, 0.29) is 11.4 Å². The average Bonchev–Trinajstić information content (AvgIpc) is 3.19. The topological polar surface area (TPSA) is 102 Å². The standard InChI is InChI=1S/C22H24N2O5S/c1-15-24-21(13-29-15)16-5-8-19(9-6-16)30(26,27)23-14-22(25)11-3-4-17-12-18(28-2)7-10-20(17)22/h5-10,12-13,23,25H,3-4,11,14H2,1-2H3/t22-/m1/s1. The quantitative estimate of drug-likeness (QED) is 0.625. The van der Waals surface area contributed by atoms with Crippen LogP contribution in [0.4, 0.5) is 0 Å². The highest BCUT2D eigenvalue weighted by Crippen LogP contribution is 2.37. The molecule has 1 atom stereocenters. The molecule has 1 heterocycles. The number of fused-ring (bicyclic) bond motifs is 1. The highest BCUT2D eigenvalue weighted by Gasteiger charge is 2.35. The molecule has 3 aromatic rings. The third kappa shape index (κ3) is 3.98. The number of aryl methyl sites for hydroxylation is 2. The van der Waals surface area contributed by atoms with Crippen LogP contribution in [0.25, 0.3) is 11.3 Å². The molecule has 2 aromatic carbocycles. The summed E-state index contributed by atoms with van der Waals surface area (Å²) < 4.78 is 38.6. The molecule has 4 rings (SSSR count). The third-order valence-electron chi connectivity index (χ3n) is 5.48. The predicted octanol–water partition coefficient (Wildman–Crippen LogP) is 3.16. The van der Waals surface area contributed by atoms with Gasteiger partial charge >= 0.3 is 0 Å². The number of aromatic nitrogens is 1. The zero-order chi connectivity index (χ0) is 21.4. The number of methoxy groups -OCH3 is 1. The second-order valence-electron chi connectivity index (χ2n) is 7.51. The van der Waals surface area contributed by atoms with Crippen molar-refractivity contribution in [3.8, 4) is 17.0 Å². The summed E-state index contributed by atoms with van der Waals surface area (Å²) >= 11 is 0. The predicted molar refractivity (Wildman–Crippen MR) is 112 cm³/mol. The van der Waals surface area contributed by atoms with Gasteiger partial charge in [-0.25, -0.2) is 18.1 Å². The number of oxazole rings is 1. The minimum Gasteiger partial charge on any atom is -0.497 e. The lowest BCUT2D eigenvalue weighted by Crippen LogP contribution is -2.42. The van der Waals surface area contributed by atoms with Crippen molar-refractivity contribution >= 4 is 10.0 Å². The second-order valence-corrected chi connectivity index (χ2v) is 9.28. The Balaban J connectivity index is 1.52. The van der Waals surface area contributed by atoms with Crippen molar-refractivity contribution in [1.29, 1.82) is 0 Å². The fourth-order valence-corrected chi connectivity index (χ4v) is 4.94. The number of aliphatic hydroxyl groups is 1. The van der Waals surface area contributed by atoms with Crippen molar-refractivity contribution in [3.63, 3.8) is 0 Å². The first-order valence-electron chi connectivity index (χ1n) is 9.73. The number of hydrogen-bond acceptors (Lipinski definition) is 6. The normalized spacial score (nSPS) is 18.8. The molecule has 1 aromatic heterocycles. The molecular formula is C22H24N2O5S. The van der Waals surface area contributed by atoms with Gasteiger partial charge in [-0.2, -0.15) is 0 Å². The maximum atomic E-state index is 12.8. The first-order chi connectivity index (χ1) is 14.3. The molecule has 1 aliphatic rings.